The lowest BCUT2D eigenvalue weighted by atomic mass is 9.95. The largest absolute Gasteiger partial charge is 0.481 e. The Kier molecular flexibility index (Phi) is 5.52. The number of hydrogen-bond donors (Lipinski definition) is 2. The van der Waals surface area contributed by atoms with E-state index in [-0.39, 0.29) is 18.1 Å². The molecule has 5 heteroatoms. The Hall–Kier alpha value is -1.91. The van der Waals surface area contributed by atoms with E-state index in [0.717, 1.165) is 37.7 Å². The average Bonchev–Trinajstić information content (AvgIpc) is 3.28. The van der Waals surface area contributed by atoms with E-state index in [2.05, 4.69) is 5.32 Å². The van der Waals surface area contributed by atoms with Crippen LogP contribution in [0.15, 0.2) is 24.3 Å². The number of amides is 1. The van der Waals surface area contributed by atoms with Gasteiger partial charge in [0.15, 0.2) is 0 Å². The number of unbranched alkanes of at least 4 members (excludes halogenated alkanes) is 3. The van der Waals surface area contributed by atoms with Crippen LogP contribution in [0, 0.1) is 5.82 Å². The van der Waals surface area contributed by atoms with Crippen molar-refractivity contribution in [2.24, 2.45) is 0 Å². The molecule has 1 saturated carbocycles. The minimum atomic E-state index is -0.761. The third kappa shape index (κ3) is 4.29. The Morgan fingerprint density at radius 1 is 1.09 bits per heavy atom. The van der Waals surface area contributed by atoms with E-state index in [0.29, 0.717) is 13.0 Å². The van der Waals surface area contributed by atoms with Crippen molar-refractivity contribution in [3.05, 3.63) is 35.6 Å². The highest BCUT2D eigenvalue weighted by Gasteiger charge is 2.50. The molecule has 0 spiro atoms. The predicted molar refractivity (Wildman–Crippen MR) is 81.0 cm³/mol. The number of halogens is 1. The quantitative estimate of drug-likeness (QED) is 0.689. The van der Waals surface area contributed by atoms with Crippen LogP contribution in [-0.4, -0.2) is 23.5 Å². The van der Waals surface area contributed by atoms with Gasteiger partial charge in [-0.05, 0) is 43.4 Å². The number of nitrogens with one attached hydrogen (secondary N) is 1. The van der Waals surface area contributed by atoms with Gasteiger partial charge in [0.2, 0.25) is 5.91 Å². The van der Waals surface area contributed by atoms with Crippen LogP contribution in [0.4, 0.5) is 4.39 Å². The van der Waals surface area contributed by atoms with E-state index in [1.165, 1.54) is 12.1 Å². The topological polar surface area (TPSA) is 66.4 Å². The van der Waals surface area contributed by atoms with Gasteiger partial charge < -0.3 is 10.4 Å². The van der Waals surface area contributed by atoms with Crippen LogP contribution in [0.25, 0.3) is 0 Å². The predicted octanol–water partition coefficient (Wildman–Crippen LogP) is 3.01. The van der Waals surface area contributed by atoms with Crippen molar-refractivity contribution < 1.29 is 19.1 Å². The number of carboxylic acid groups (broad SMARTS) is 1. The normalized spacial score (nSPS) is 15.3. The number of hydrogen-bond acceptors (Lipinski definition) is 2. The second kappa shape index (κ2) is 7.38. The maximum Gasteiger partial charge on any atom is 0.303 e. The molecule has 4 nitrogen and oxygen atoms in total. The fourth-order valence-electron chi connectivity index (χ4n) is 2.67. The van der Waals surface area contributed by atoms with E-state index in [9.17, 15) is 14.0 Å². The molecule has 120 valence electrons. The number of carbonyl (C=O) groups excluding carboxylic acids is 1. The smallest absolute Gasteiger partial charge is 0.303 e. The van der Waals surface area contributed by atoms with Gasteiger partial charge in [0.05, 0.1) is 5.41 Å². The first-order valence-electron chi connectivity index (χ1n) is 7.81. The molecule has 0 saturated heterocycles. The van der Waals surface area contributed by atoms with Crippen molar-refractivity contribution in [2.45, 2.75) is 50.4 Å². The van der Waals surface area contributed by atoms with Crippen LogP contribution >= 0.6 is 0 Å². The molecular formula is C17H22FNO3. The molecule has 1 aromatic carbocycles. The third-order valence-electron chi connectivity index (χ3n) is 4.18. The molecule has 0 heterocycles. The summed E-state index contributed by atoms with van der Waals surface area (Å²) in [4.78, 5) is 22.7. The molecule has 0 atom stereocenters. The summed E-state index contributed by atoms with van der Waals surface area (Å²) in [6.07, 6.45) is 5.14. The summed E-state index contributed by atoms with van der Waals surface area (Å²) in [5.41, 5.74) is 0.421. The van der Waals surface area contributed by atoms with Crippen molar-refractivity contribution in [1.29, 1.82) is 0 Å². The zero-order valence-electron chi connectivity index (χ0n) is 12.6. The van der Waals surface area contributed by atoms with Gasteiger partial charge in [-0.15, -0.1) is 0 Å². The molecule has 2 N–H and O–H groups in total. The van der Waals surface area contributed by atoms with E-state index in [4.69, 9.17) is 5.11 Å². The van der Waals surface area contributed by atoms with Crippen LogP contribution in [0.1, 0.15) is 50.5 Å². The third-order valence-corrected chi connectivity index (χ3v) is 4.18. The number of benzene rings is 1. The highest BCUT2D eigenvalue weighted by molar-refractivity contribution is 5.91. The summed E-state index contributed by atoms with van der Waals surface area (Å²) in [5.74, 6) is -1.03. The number of carboxylic acids is 1. The van der Waals surface area contributed by atoms with Gasteiger partial charge in [-0.3, -0.25) is 9.59 Å². The summed E-state index contributed by atoms with van der Waals surface area (Å²) in [5, 5.41) is 11.5. The van der Waals surface area contributed by atoms with Crippen LogP contribution in [0.3, 0.4) is 0 Å². The number of carbonyl (C=O) groups is 2. The van der Waals surface area contributed by atoms with Gasteiger partial charge in [-0.1, -0.05) is 25.0 Å². The molecule has 1 aromatic rings. The highest BCUT2D eigenvalue weighted by Crippen LogP contribution is 2.48. The van der Waals surface area contributed by atoms with E-state index in [1.54, 1.807) is 12.1 Å². The lowest BCUT2D eigenvalue weighted by molar-refractivity contribution is -0.137. The standard InChI is InChI=1S/C17H22FNO3/c18-14-8-6-13(7-9-14)17(10-11-17)16(22)19-12-4-2-1-3-5-15(20)21/h6-9H,1-5,10-12H2,(H,19,22)(H,20,21). The first-order chi connectivity index (χ1) is 10.5. The molecule has 1 aliphatic rings. The number of rotatable bonds is 9. The summed E-state index contributed by atoms with van der Waals surface area (Å²) < 4.78 is 13.0. The minimum absolute atomic E-state index is 0.0182. The van der Waals surface area contributed by atoms with Crippen LogP contribution in [0.5, 0.6) is 0 Å². The van der Waals surface area contributed by atoms with Crippen LogP contribution in [-0.2, 0) is 15.0 Å². The molecule has 0 aliphatic heterocycles. The zero-order valence-corrected chi connectivity index (χ0v) is 12.6. The Labute approximate surface area is 129 Å². The van der Waals surface area contributed by atoms with E-state index >= 15 is 0 Å². The van der Waals surface area contributed by atoms with Gasteiger partial charge in [0, 0.05) is 13.0 Å². The Morgan fingerprint density at radius 2 is 1.73 bits per heavy atom. The van der Waals surface area contributed by atoms with E-state index < -0.39 is 11.4 Å². The van der Waals surface area contributed by atoms with Crippen LogP contribution in [0.2, 0.25) is 0 Å². The first-order valence-corrected chi connectivity index (χ1v) is 7.81. The Bertz CT molecular complexity index is 523. The molecule has 1 amide bonds. The lowest BCUT2D eigenvalue weighted by Crippen LogP contribution is -2.35. The van der Waals surface area contributed by atoms with Gasteiger partial charge >= 0.3 is 5.97 Å². The van der Waals surface area contributed by atoms with Crippen molar-refractivity contribution in [3.8, 4) is 0 Å². The summed E-state index contributed by atoms with van der Waals surface area (Å²) in [6.45, 7) is 0.606. The highest BCUT2D eigenvalue weighted by atomic mass is 19.1. The molecule has 1 aliphatic carbocycles. The maximum atomic E-state index is 13.0. The van der Waals surface area contributed by atoms with Crippen molar-refractivity contribution in [1.82, 2.24) is 5.32 Å². The molecule has 1 fully saturated rings. The van der Waals surface area contributed by atoms with E-state index in [1.807, 2.05) is 0 Å². The summed E-state index contributed by atoms with van der Waals surface area (Å²) in [7, 11) is 0. The molecule has 2 rings (SSSR count). The SMILES string of the molecule is O=C(O)CCCCCCNC(=O)C1(c2ccc(F)cc2)CC1. The maximum absolute atomic E-state index is 13.0. The van der Waals surface area contributed by atoms with Crippen molar-refractivity contribution in [2.75, 3.05) is 6.54 Å². The summed E-state index contributed by atoms with van der Waals surface area (Å²) >= 11 is 0. The fourth-order valence-corrected chi connectivity index (χ4v) is 2.67. The molecule has 0 radical (unpaired) electrons. The molecule has 22 heavy (non-hydrogen) atoms. The van der Waals surface area contributed by atoms with Crippen molar-refractivity contribution >= 4 is 11.9 Å². The molecular weight excluding hydrogens is 285 g/mol. The van der Waals surface area contributed by atoms with Gasteiger partial charge in [-0.2, -0.15) is 0 Å². The Balaban J connectivity index is 1.69. The average molecular weight is 307 g/mol. The molecule has 0 unspecified atom stereocenters. The zero-order chi connectivity index (χ0) is 16.0. The first kappa shape index (κ1) is 16.5. The second-order valence-corrected chi connectivity index (χ2v) is 5.90. The van der Waals surface area contributed by atoms with Gasteiger partial charge in [0.25, 0.3) is 0 Å². The monoisotopic (exact) mass is 307 g/mol. The molecule has 0 aromatic heterocycles. The Morgan fingerprint density at radius 3 is 2.32 bits per heavy atom. The van der Waals surface area contributed by atoms with Gasteiger partial charge in [-0.25, -0.2) is 4.39 Å². The fraction of sp³-hybridized carbons (Fsp3) is 0.529. The minimum Gasteiger partial charge on any atom is -0.481 e. The molecule has 0 bridgehead atoms. The summed E-state index contributed by atoms with van der Waals surface area (Å²) in [6, 6.07) is 6.16. The number of aliphatic carboxylic acids is 1. The lowest BCUT2D eigenvalue weighted by Gasteiger charge is -2.15. The van der Waals surface area contributed by atoms with Crippen LogP contribution < -0.4 is 5.32 Å². The van der Waals surface area contributed by atoms with Gasteiger partial charge in [0.1, 0.15) is 5.82 Å². The second-order valence-electron chi connectivity index (χ2n) is 5.90. The van der Waals surface area contributed by atoms with Crippen molar-refractivity contribution in [3.63, 3.8) is 0 Å².